The van der Waals surface area contributed by atoms with Crippen LogP contribution in [0.1, 0.15) is 35.8 Å². The predicted octanol–water partition coefficient (Wildman–Crippen LogP) is 6.12. The van der Waals surface area contributed by atoms with E-state index in [4.69, 9.17) is 9.41 Å². The number of fused-ring (bicyclic) bond motifs is 2. The molecule has 0 saturated carbocycles. The molecule has 1 N–H and O–H groups in total. The summed E-state index contributed by atoms with van der Waals surface area (Å²) in [5.74, 6) is 2.31. The molecular formula is C33H32N6O2. The maximum atomic E-state index is 13.9. The molecule has 4 heterocycles. The van der Waals surface area contributed by atoms with E-state index in [1.165, 1.54) is 0 Å². The number of hydrogen-bond donors (Lipinski definition) is 1. The van der Waals surface area contributed by atoms with E-state index in [-0.39, 0.29) is 18.0 Å². The predicted molar refractivity (Wildman–Crippen MR) is 160 cm³/mol. The molecule has 2 aliphatic heterocycles. The van der Waals surface area contributed by atoms with Gasteiger partial charge in [-0.05, 0) is 81.4 Å². The van der Waals surface area contributed by atoms with Crippen LogP contribution < -0.4 is 0 Å². The highest BCUT2D eigenvalue weighted by molar-refractivity contribution is 6.01. The third-order valence-electron chi connectivity index (χ3n) is 8.14. The lowest BCUT2D eigenvalue weighted by Gasteiger charge is -2.32. The Morgan fingerprint density at radius 2 is 1.90 bits per heavy atom. The number of aliphatic imine (C=N–C) groups is 1. The van der Waals surface area contributed by atoms with Crippen LogP contribution in [0.4, 0.5) is 5.69 Å². The van der Waals surface area contributed by atoms with Crippen LogP contribution in [0.2, 0.25) is 0 Å². The number of amides is 1. The van der Waals surface area contributed by atoms with Gasteiger partial charge in [0.25, 0.3) is 0 Å². The summed E-state index contributed by atoms with van der Waals surface area (Å²) in [5, 5.41) is 0. The lowest BCUT2D eigenvalue weighted by Crippen LogP contribution is -2.46. The molecule has 5 aromatic rings. The third-order valence-corrected chi connectivity index (χ3v) is 8.14. The van der Waals surface area contributed by atoms with Crippen LogP contribution in [0.25, 0.3) is 33.8 Å². The lowest BCUT2D eigenvalue weighted by atomic mass is 10.00. The van der Waals surface area contributed by atoms with E-state index in [0.29, 0.717) is 11.7 Å². The number of carbonyl (C=O) groups is 1. The number of hydrogen-bond acceptors (Lipinski definition) is 6. The first-order chi connectivity index (χ1) is 19.9. The molecule has 8 nitrogen and oxygen atoms in total. The second-order valence-corrected chi connectivity index (χ2v) is 11.2. The van der Waals surface area contributed by atoms with Gasteiger partial charge >= 0.3 is 0 Å². The van der Waals surface area contributed by atoms with Crippen LogP contribution in [0.15, 0.2) is 82.3 Å². The van der Waals surface area contributed by atoms with Crippen LogP contribution in [-0.4, -0.2) is 63.1 Å². The fourth-order valence-corrected chi connectivity index (χ4v) is 6.21. The van der Waals surface area contributed by atoms with Crippen molar-refractivity contribution in [2.24, 2.45) is 4.99 Å². The Labute approximate surface area is 238 Å². The summed E-state index contributed by atoms with van der Waals surface area (Å²) in [6, 6.07) is 21.9. The van der Waals surface area contributed by atoms with Crippen molar-refractivity contribution in [1.82, 2.24) is 24.8 Å². The minimum absolute atomic E-state index is 0.0129. The van der Waals surface area contributed by atoms with Crippen molar-refractivity contribution in [2.75, 3.05) is 20.6 Å². The van der Waals surface area contributed by atoms with E-state index in [0.717, 1.165) is 76.3 Å². The van der Waals surface area contributed by atoms with E-state index in [9.17, 15) is 4.79 Å². The molecule has 0 aliphatic carbocycles. The first kappa shape index (κ1) is 25.4. The lowest BCUT2D eigenvalue weighted by molar-refractivity contribution is -0.136. The highest BCUT2D eigenvalue weighted by Gasteiger charge is 2.38. The van der Waals surface area contributed by atoms with Gasteiger partial charge in [-0.15, -0.1) is 0 Å². The molecule has 1 amide bonds. The van der Waals surface area contributed by atoms with Crippen molar-refractivity contribution in [2.45, 2.75) is 38.3 Å². The molecule has 0 unspecified atom stereocenters. The largest absolute Gasteiger partial charge is 0.436 e. The van der Waals surface area contributed by atoms with Crippen LogP contribution in [0.3, 0.4) is 0 Å². The van der Waals surface area contributed by atoms with E-state index >= 15 is 0 Å². The van der Waals surface area contributed by atoms with Gasteiger partial charge in [0, 0.05) is 29.8 Å². The van der Waals surface area contributed by atoms with Gasteiger partial charge in [-0.2, -0.15) is 0 Å². The van der Waals surface area contributed by atoms with Crippen molar-refractivity contribution in [3.8, 4) is 22.8 Å². The number of aryl methyl sites for hydroxylation is 1. The Kier molecular flexibility index (Phi) is 6.27. The quantitative estimate of drug-likeness (QED) is 0.278. The highest BCUT2D eigenvalue weighted by atomic mass is 16.4. The molecule has 1 fully saturated rings. The maximum Gasteiger partial charge on any atom is 0.245 e. The summed E-state index contributed by atoms with van der Waals surface area (Å²) in [4.78, 5) is 35.3. The van der Waals surface area contributed by atoms with Gasteiger partial charge in [-0.3, -0.25) is 14.7 Å². The second-order valence-electron chi connectivity index (χ2n) is 11.2. The van der Waals surface area contributed by atoms with Crippen molar-refractivity contribution in [1.29, 1.82) is 0 Å². The number of rotatable bonds is 6. The fourth-order valence-electron chi connectivity index (χ4n) is 6.21. The van der Waals surface area contributed by atoms with Crippen molar-refractivity contribution < 1.29 is 9.21 Å². The zero-order valence-corrected chi connectivity index (χ0v) is 23.5. The first-order valence-corrected chi connectivity index (χ1v) is 14.1. The molecule has 0 radical (unpaired) electrons. The fraction of sp³-hybridized carbons (Fsp3) is 0.273. The molecule has 1 saturated heterocycles. The zero-order valence-electron chi connectivity index (χ0n) is 23.5. The summed E-state index contributed by atoms with van der Waals surface area (Å²) in [6.45, 7) is 2.70. The number of likely N-dealkylation sites (tertiary alicyclic amines) is 1. The maximum absolute atomic E-state index is 13.9. The SMILES string of the molecule is Cc1nc2ccc(-c3cnc(-c4ccc5c(c4)CC([C@@H]4CCCN4C(=O)[C@@H](c4ccccc4)N(C)C)=N5)o3)cc2[nH]1. The Bertz CT molecular complexity index is 1780. The normalized spacial score (nSPS) is 17.3. The summed E-state index contributed by atoms with van der Waals surface area (Å²) in [5.41, 5.74) is 7.94. The Hall–Kier alpha value is -4.56. The molecule has 0 spiro atoms. The number of nitrogens with zero attached hydrogens (tertiary/aromatic N) is 5. The zero-order chi connectivity index (χ0) is 28.1. The average Bonchev–Trinajstić information content (AvgIpc) is 3.77. The van der Waals surface area contributed by atoms with E-state index in [1.54, 1.807) is 6.20 Å². The number of carbonyl (C=O) groups excluding carboxylic acids is 1. The standard InChI is InChI=1S/C33H32N6O2/c1-20-35-26-14-11-22(17-27(26)36-20)30-19-34-32(41-30)23-12-13-25-24(16-23)18-28(37-25)29-10-7-15-39(29)33(40)31(38(2)3)21-8-5-4-6-9-21/h4-6,8-9,11-14,16-17,19,29,31H,7,10,15,18H2,1-3H3,(H,35,36)/t29-,31+/m0/s1. The van der Waals surface area contributed by atoms with Gasteiger partial charge in [-0.25, -0.2) is 9.97 Å². The van der Waals surface area contributed by atoms with Crippen molar-refractivity contribution in [3.05, 3.63) is 89.9 Å². The Morgan fingerprint density at radius 1 is 1.07 bits per heavy atom. The van der Waals surface area contributed by atoms with Gasteiger partial charge < -0.3 is 14.3 Å². The minimum Gasteiger partial charge on any atom is -0.436 e. The molecule has 41 heavy (non-hydrogen) atoms. The smallest absolute Gasteiger partial charge is 0.245 e. The minimum atomic E-state index is -0.315. The van der Waals surface area contributed by atoms with Gasteiger partial charge in [0.05, 0.1) is 29.0 Å². The van der Waals surface area contributed by atoms with Crippen molar-refractivity contribution >= 4 is 28.3 Å². The summed E-state index contributed by atoms with van der Waals surface area (Å²) in [7, 11) is 3.94. The van der Waals surface area contributed by atoms with E-state index in [2.05, 4.69) is 21.0 Å². The van der Waals surface area contributed by atoms with E-state index < -0.39 is 0 Å². The highest BCUT2D eigenvalue weighted by Crippen LogP contribution is 2.36. The average molecular weight is 545 g/mol. The number of aromatic amines is 1. The molecule has 8 heteroatoms. The number of H-pyrrole nitrogens is 1. The van der Waals surface area contributed by atoms with E-state index in [1.807, 2.05) is 91.5 Å². The Morgan fingerprint density at radius 3 is 2.73 bits per heavy atom. The number of imidazole rings is 1. The number of aromatic nitrogens is 3. The van der Waals surface area contributed by atoms with Crippen LogP contribution >= 0.6 is 0 Å². The topological polar surface area (TPSA) is 90.6 Å². The van der Waals surface area contributed by atoms with Crippen LogP contribution in [0, 0.1) is 6.92 Å². The van der Waals surface area contributed by atoms with Crippen LogP contribution in [0.5, 0.6) is 0 Å². The summed E-state index contributed by atoms with van der Waals surface area (Å²) < 4.78 is 6.20. The molecule has 3 aromatic carbocycles. The monoisotopic (exact) mass is 544 g/mol. The second kappa shape index (κ2) is 10.1. The molecule has 2 aliphatic rings. The van der Waals surface area contributed by atoms with Gasteiger partial charge in [-0.1, -0.05) is 30.3 Å². The molecule has 206 valence electrons. The molecule has 2 atom stereocenters. The number of oxazole rings is 1. The van der Waals surface area contributed by atoms with Crippen LogP contribution in [-0.2, 0) is 11.2 Å². The van der Waals surface area contributed by atoms with Gasteiger partial charge in [0.2, 0.25) is 11.8 Å². The molecule has 2 aromatic heterocycles. The summed E-state index contributed by atoms with van der Waals surface area (Å²) in [6.07, 6.45) is 4.41. The van der Waals surface area contributed by atoms with Gasteiger partial charge in [0.1, 0.15) is 11.9 Å². The first-order valence-electron chi connectivity index (χ1n) is 14.1. The van der Waals surface area contributed by atoms with Gasteiger partial charge in [0.15, 0.2) is 5.76 Å². The number of nitrogens with one attached hydrogen (secondary N) is 1. The number of benzene rings is 3. The summed E-state index contributed by atoms with van der Waals surface area (Å²) >= 11 is 0. The number of likely N-dealkylation sites (N-methyl/N-ethyl adjacent to an activating group) is 1. The molecule has 0 bridgehead atoms. The Balaban J connectivity index is 1.10. The molecule has 7 rings (SSSR count). The van der Waals surface area contributed by atoms with Crippen molar-refractivity contribution in [3.63, 3.8) is 0 Å². The molecular weight excluding hydrogens is 512 g/mol. The third kappa shape index (κ3) is 4.64.